The lowest BCUT2D eigenvalue weighted by Gasteiger charge is -1.93. The second-order valence-corrected chi connectivity index (χ2v) is 2.01. The maximum Gasteiger partial charge on any atom is 0.150 e. The molecule has 4 nitrogen and oxygen atoms in total. The van der Waals surface area contributed by atoms with E-state index < -0.39 is 0 Å². The highest BCUT2D eigenvalue weighted by Gasteiger charge is 2.08. The van der Waals surface area contributed by atoms with Crippen molar-refractivity contribution in [1.29, 1.82) is 0 Å². The summed E-state index contributed by atoms with van der Waals surface area (Å²) in [6, 6.07) is 0. The van der Waals surface area contributed by atoms with Crippen LogP contribution < -0.4 is 0 Å². The molecule has 4 heteroatoms. The number of hydrogen-bond acceptors (Lipinski definition) is 4. The fourth-order valence-corrected chi connectivity index (χ4v) is 0.840. The normalized spacial score (nSPS) is 10.5. The van der Waals surface area contributed by atoms with Gasteiger partial charge in [0.15, 0.2) is 0 Å². The zero-order valence-corrected chi connectivity index (χ0v) is 5.40. The van der Waals surface area contributed by atoms with Gasteiger partial charge in [-0.2, -0.15) is 0 Å². The summed E-state index contributed by atoms with van der Waals surface area (Å²) in [5.41, 5.74) is 2.34. The minimum Gasteiger partial charge on any atom is -0.362 e. The first-order valence-corrected chi connectivity index (χ1v) is 2.89. The van der Waals surface area contributed by atoms with Gasteiger partial charge in [-0.3, -0.25) is 0 Å². The predicted molar refractivity (Wildman–Crippen MR) is 33.5 cm³/mol. The number of imidazole rings is 1. The number of aryl methyl sites for hydroxylation is 1. The van der Waals surface area contributed by atoms with Gasteiger partial charge in [0.25, 0.3) is 0 Å². The summed E-state index contributed by atoms with van der Waals surface area (Å²) in [5.74, 6) is 0. The summed E-state index contributed by atoms with van der Waals surface area (Å²) < 4.78 is 4.73. The Morgan fingerprint density at radius 1 is 1.40 bits per heavy atom. The third-order valence-corrected chi connectivity index (χ3v) is 1.32. The molecule has 0 aromatic heterocycles. The highest BCUT2D eigenvalue weighted by molar-refractivity contribution is 5.55. The number of rotatable bonds is 0. The van der Waals surface area contributed by atoms with Crippen LogP contribution in [-0.4, -0.2) is 15.1 Å². The summed E-state index contributed by atoms with van der Waals surface area (Å²) in [6.07, 6.45) is 2.98. The van der Waals surface area contributed by atoms with E-state index in [0.717, 1.165) is 17.1 Å². The van der Waals surface area contributed by atoms with E-state index in [2.05, 4.69) is 15.1 Å². The molecule has 0 spiro atoms. The summed E-state index contributed by atoms with van der Waals surface area (Å²) in [5, 5.41) is 3.70. The molecule has 0 aliphatic carbocycles. The van der Waals surface area contributed by atoms with Crippen LogP contribution in [-0.2, 0) is 0 Å². The van der Waals surface area contributed by atoms with Crippen LogP contribution >= 0.6 is 0 Å². The molecule has 2 aliphatic heterocycles. The molecule has 50 valence electrons. The van der Waals surface area contributed by atoms with E-state index in [9.17, 15) is 0 Å². The van der Waals surface area contributed by atoms with Crippen molar-refractivity contribution in [2.75, 3.05) is 0 Å². The van der Waals surface area contributed by atoms with Crippen LogP contribution in [0, 0.1) is 6.92 Å². The Balaban J connectivity index is 2.80. The number of fused-ring (bicyclic) bond motifs is 1. The average molecular weight is 135 g/mol. The van der Waals surface area contributed by atoms with Crippen LogP contribution in [0.3, 0.4) is 0 Å². The van der Waals surface area contributed by atoms with Crippen molar-refractivity contribution in [3.8, 4) is 11.4 Å². The third-order valence-electron chi connectivity index (χ3n) is 1.32. The average Bonchev–Trinajstić information content (AvgIpc) is 2.36. The molecule has 0 bridgehead atoms. The highest BCUT2D eigenvalue weighted by Crippen LogP contribution is 2.17. The smallest absolute Gasteiger partial charge is 0.150 e. The maximum atomic E-state index is 4.73. The summed E-state index contributed by atoms with van der Waals surface area (Å²) in [7, 11) is 0. The molecule has 2 rings (SSSR count). The van der Waals surface area contributed by atoms with Gasteiger partial charge in [0, 0.05) is 0 Å². The van der Waals surface area contributed by atoms with Gasteiger partial charge in [-0.05, 0) is 6.92 Å². The van der Waals surface area contributed by atoms with E-state index in [1.807, 2.05) is 6.92 Å². The van der Waals surface area contributed by atoms with E-state index >= 15 is 0 Å². The Morgan fingerprint density at radius 3 is 3.10 bits per heavy atom. The third kappa shape index (κ3) is 0.586. The molecule has 0 fully saturated rings. The Kier molecular flexibility index (Phi) is 0.943. The van der Waals surface area contributed by atoms with Crippen molar-refractivity contribution in [1.82, 2.24) is 15.1 Å². The van der Waals surface area contributed by atoms with Gasteiger partial charge in [-0.15, -0.1) is 0 Å². The molecule has 10 heavy (non-hydrogen) atoms. The predicted octanol–water partition coefficient (Wildman–Crippen LogP) is 0.878. The first-order chi connectivity index (χ1) is 4.88. The highest BCUT2D eigenvalue weighted by atomic mass is 16.4. The van der Waals surface area contributed by atoms with Gasteiger partial charge in [0.1, 0.15) is 29.7 Å². The summed E-state index contributed by atoms with van der Waals surface area (Å²) >= 11 is 0. The molecular weight excluding hydrogens is 130 g/mol. The summed E-state index contributed by atoms with van der Waals surface area (Å²) in [4.78, 5) is 7.92. The molecule has 0 N–H and O–H groups in total. The Bertz CT molecular complexity index is 317. The van der Waals surface area contributed by atoms with Gasteiger partial charge in [0.05, 0.1) is 0 Å². The van der Waals surface area contributed by atoms with E-state index in [-0.39, 0.29) is 0 Å². The quantitative estimate of drug-likeness (QED) is 0.538. The monoisotopic (exact) mass is 135 g/mol. The fraction of sp³-hybridized carbons (Fsp3) is 0.167. The Morgan fingerprint density at radius 2 is 2.30 bits per heavy atom. The molecule has 0 saturated heterocycles. The molecule has 0 radical (unpaired) electrons. The standard InChI is InChI=1S/C6H5N3O/c1-4-6-5(2-10-9-4)7-3-8-6/h2-3H,1H3. The first-order valence-electron chi connectivity index (χ1n) is 2.89. The number of nitrogens with zero attached hydrogens (tertiary/aromatic N) is 3. The van der Waals surface area contributed by atoms with Crippen molar-refractivity contribution in [3.05, 3.63) is 18.3 Å². The minimum absolute atomic E-state index is 0.757. The minimum atomic E-state index is 0.757. The van der Waals surface area contributed by atoms with Crippen molar-refractivity contribution >= 4 is 0 Å². The van der Waals surface area contributed by atoms with E-state index in [4.69, 9.17) is 4.52 Å². The fourth-order valence-electron chi connectivity index (χ4n) is 0.840. The van der Waals surface area contributed by atoms with Crippen molar-refractivity contribution in [2.24, 2.45) is 0 Å². The SMILES string of the molecule is Cc1nocc2ncnc1-2. The van der Waals surface area contributed by atoms with Crippen LogP contribution in [0.4, 0.5) is 0 Å². The van der Waals surface area contributed by atoms with Crippen molar-refractivity contribution in [2.45, 2.75) is 6.92 Å². The van der Waals surface area contributed by atoms with Gasteiger partial charge < -0.3 is 4.52 Å². The number of hydrogen-bond donors (Lipinski definition) is 0. The van der Waals surface area contributed by atoms with Crippen LogP contribution in [0.15, 0.2) is 17.1 Å². The molecule has 2 heterocycles. The molecule has 0 saturated carbocycles. The van der Waals surface area contributed by atoms with Crippen LogP contribution in [0.25, 0.3) is 11.4 Å². The molecule has 2 aliphatic rings. The zero-order chi connectivity index (χ0) is 6.97. The Hall–Kier alpha value is -1.45. The maximum absolute atomic E-state index is 4.73. The molecule has 0 atom stereocenters. The summed E-state index contributed by atoms with van der Waals surface area (Å²) in [6.45, 7) is 1.83. The van der Waals surface area contributed by atoms with Gasteiger partial charge >= 0.3 is 0 Å². The van der Waals surface area contributed by atoms with E-state index in [1.54, 1.807) is 0 Å². The van der Waals surface area contributed by atoms with Crippen LogP contribution in [0.2, 0.25) is 0 Å². The van der Waals surface area contributed by atoms with Crippen LogP contribution in [0.1, 0.15) is 5.69 Å². The molecule has 0 aromatic rings. The molecule has 0 amide bonds. The van der Waals surface area contributed by atoms with E-state index in [0.29, 0.717) is 0 Å². The van der Waals surface area contributed by atoms with Crippen LogP contribution in [0.5, 0.6) is 0 Å². The lowest BCUT2D eigenvalue weighted by atomic mass is 10.3. The number of aromatic nitrogens is 3. The van der Waals surface area contributed by atoms with Crippen molar-refractivity contribution < 1.29 is 4.52 Å². The molecule has 0 unspecified atom stereocenters. The topological polar surface area (TPSA) is 51.8 Å². The van der Waals surface area contributed by atoms with Gasteiger partial charge in [-0.1, -0.05) is 5.16 Å². The second-order valence-electron chi connectivity index (χ2n) is 2.01. The molecular formula is C6H5N3O. The lowest BCUT2D eigenvalue weighted by molar-refractivity contribution is 0.392. The lowest BCUT2D eigenvalue weighted by Crippen LogP contribution is -1.86. The van der Waals surface area contributed by atoms with E-state index in [1.165, 1.54) is 12.6 Å². The second kappa shape index (κ2) is 1.76. The first kappa shape index (κ1) is 5.34. The Labute approximate surface area is 57.2 Å². The largest absolute Gasteiger partial charge is 0.362 e. The van der Waals surface area contributed by atoms with Crippen molar-refractivity contribution in [3.63, 3.8) is 0 Å². The zero-order valence-electron chi connectivity index (χ0n) is 5.40. The molecule has 0 aromatic carbocycles. The van der Waals surface area contributed by atoms with Gasteiger partial charge in [-0.25, -0.2) is 9.97 Å². The van der Waals surface area contributed by atoms with Gasteiger partial charge in [0.2, 0.25) is 0 Å².